The normalized spacial score (nSPS) is 9.70. The van der Waals surface area contributed by atoms with E-state index in [0.29, 0.717) is 0 Å². The minimum atomic E-state index is -3.33. The molecule has 0 aliphatic heterocycles. The van der Waals surface area contributed by atoms with Gasteiger partial charge in [0.15, 0.2) is 6.29 Å². The fourth-order valence-electron chi connectivity index (χ4n) is 0. The summed E-state index contributed by atoms with van der Waals surface area (Å²) >= 11 is 1.78. The summed E-state index contributed by atoms with van der Waals surface area (Å²) in [6.07, 6.45) is -0.479. The second-order valence-electron chi connectivity index (χ2n) is 1.24. The number of rotatable bonds is 2. The molecule has 0 amide bonds. The zero-order valence-corrected chi connectivity index (χ0v) is 7.32. The van der Waals surface area contributed by atoms with Crippen LogP contribution in [0.3, 0.4) is 0 Å². The van der Waals surface area contributed by atoms with Crippen molar-refractivity contribution in [1.82, 2.24) is 0 Å². The molecule has 0 bridgehead atoms. The Bertz CT molecular complexity index is 80.2. The maximum absolute atomic E-state index is 11.0. The Kier molecular flexibility index (Phi) is 8.94. The Morgan fingerprint density at radius 3 is 1.90 bits per heavy atom. The molecule has 0 aromatic rings. The summed E-state index contributed by atoms with van der Waals surface area (Å²) < 4.78 is 26.5. The molecule has 5 heteroatoms. The Morgan fingerprint density at radius 1 is 1.70 bits per heavy atom. The summed E-state index contributed by atoms with van der Waals surface area (Å²) in [6.45, 7) is 2.78. The molecule has 0 aromatic carbocycles. The molecule has 0 fully saturated rings. The van der Waals surface area contributed by atoms with Crippen LogP contribution in [0.1, 0.15) is 6.92 Å². The maximum atomic E-state index is 11.0. The van der Waals surface area contributed by atoms with Crippen molar-refractivity contribution < 1.29 is 18.3 Å². The molecule has 0 spiro atoms. The molecular weight excluding hydrogens is 210 g/mol. The van der Waals surface area contributed by atoms with Crippen LogP contribution in [0.25, 0.3) is 0 Å². The SMILES string of the molecule is CCOC.O=CC(F)(F)Br. The lowest BCUT2D eigenvalue weighted by molar-refractivity contribution is -0.118. The number of hydrogen-bond acceptors (Lipinski definition) is 2. The smallest absolute Gasteiger partial charge is 0.355 e. The van der Waals surface area contributed by atoms with Crippen LogP contribution in [0.5, 0.6) is 0 Å². The van der Waals surface area contributed by atoms with Crippen molar-refractivity contribution in [2.45, 2.75) is 11.8 Å². The third-order valence-electron chi connectivity index (χ3n) is 0.422. The van der Waals surface area contributed by atoms with Gasteiger partial charge in [-0.25, -0.2) is 0 Å². The summed E-state index contributed by atoms with van der Waals surface area (Å²) in [6, 6.07) is 0. The third-order valence-corrected chi connectivity index (χ3v) is 0.609. The fraction of sp³-hybridized carbons (Fsp3) is 0.800. The van der Waals surface area contributed by atoms with Gasteiger partial charge in [-0.1, -0.05) is 0 Å². The van der Waals surface area contributed by atoms with Gasteiger partial charge < -0.3 is 4.74 Å². The van der Waals surface area contributed by atoms with Crippen molar-refractivity contribution in [2.75, 3.05) is 13.7 Å². The summed E-state index contributed by atoms with van der Waals surface area (Å²) in [4.78, 5) is 5.70. The van der Waals surface area contributed by atoms with Crippen molar-refractivity contribution in [3.8, 4) is 0 Å². The van der Waals surface area contributed by atoms with Crippen molar-refractivity contribution in [1.29, 1.82) is 0 Å². The molecule has 0 aromatic heterocycles. The number of methoxy groups -OCH3 is 1. The molecule has 2 nitrogen and oxygen atoms in total. The van der Waals surface area contributed by atoms with E-state index in [1.165, 1.54) is 0 Å². The molecular formula is C5H9BrF2O2. The van der Waals surface area contributed by atoms with Gasteiger partial charge in [-0.2, -0.15) is 8.78 Å². The molecule has 0 N–H and O–H groups in total. The number of carbonyl (C=O) groups excluding carboxylic acids is 1. The van der Waals surface area contributed by atoms with Gasteiger partial charge in [0.25, 0.3) is 0 Å². The van der Waals surface area contributed by atoms with Gasteiger partial charge in [-0.15, -0.1) is 0 Å². The van der Waals surface area contributed by atoms with Crippen LogP contribution in [0.15, 0.2) is 0 Å². The molecule has 0 saturated carbocycles. The number of alkyl halides is 3. The molecule has 0 aliphatic rings. The van der Waals surface area contributed by atoms with Gasteiger partial charge in [-0.3, -0.25) is 4.79 Å². The summed E-state index contributed by atoms with van der Waals surface area (Å²) in [5.41, 5.74) is 0. The highest BCUT2D eigenvalue weighted by Crippen LogP contribution is 2.16. The molecule has 0 unspecified atom stereocenters. The Labute approximate surface area is 66.7 Å². The van der Waals surface area contributed by atoms with Gasteiger partial charge in [0.05, 0.1) is 0 Å². The fourth-order valence-corrected chi connectivity index (χ4v) is 0. The molecule has 62 valence electrons. The molecule has 0 atom stereocenters. The van der Waals surface area contributed by atoms with Crippen molar-refractivity contribution in [3.05, 3.63) is 0 Å². The number of hydrogen-bond donors (Lipinski definition) is 0. The average Bonchev–Trinajstić information content (AvgIpc) is 1.87. The van der Waals surface area contributed by atoms with Crippen LogP contribution in [-0.4, -0.2) is 24.8 Å². The third kappa shape index (κ3) is 24.6. The second kappa shape index (κ2) is 7.08. The number of halogens is 3. The maximum Gasteiger partial charge on any atom is 0.355 e. The molecule has 10 heavy (non-hydrogen) atoms. The van der Waals surface area contributed by atoms with Crippen molar-refractivity contribution >= 4 is 22.2 Å². The molecule has 0 radical (unpaired) electrons. The first kappa shape index (κ1) is 12.6. The molecule has 0 aliphatic carbocycles. The van der Waals surface area contributed by atoms with Gasteiger partial charge in [0.2, 0.25) is 0 Å². The zero-order valence-electron chi connectivity index (χ0n) is 5.73. The first-order valence-electron chi connectivity index (χ1n) is 2.50. The minimum Gasteiger partial charge on any atom is -0.385 e. The number of aldehydes is 1. The second-order valence-corrected chi connectivity index (χ2v) is 2.29. The first-order valence-corrected chi connectivity index (χ1v) is 3.29. The predicted molar refractivity (Wildman–Crippen MR) is 37.5 cm³/mol. The highest BCUT2D eigenvalue weighted by Gasteiger charge is 2.20. The first-order chi connectivity index (χ1) is 4.47. The summed E-state index contributed by atoms with van der Waals surface area (Å²) in [7, 11) is 1.68. The quantitative estimate of drug-likeness (QED) is 0.523. The van der Waals surface area contributed by atoms with Crippen LogP contribution in [0.2, 0.25) is 0 Å². The topological polar surface area (TPSA) is 26.3 Å². The Morgan fingerprint density at radius 2 is 1.90 bits per heavy atom. The van der Waals surface area contributed by atoms with E-state index < -0.39 is 11.1 Å². The standard InChI is InChI=1S/C3H8O.C2HBrF2O/c1-3-4-2;3-2(4,5)1-6/h3H2,1-2H3;1H. The minimum absolute atomic E-state index is 0.479. The van der Waals surface area contributed by atoms with E-state index in [2.05, 4.69) is 4.74 Å². The number of ether oxygens (including phenoxy) is 1. The zero-order chi connectivity index (χ0) is 8.62. The van der Waals surface area contributed by atoms with Crippen LogP contribution >= 0.6 is 15.9 Å². The van der Waals surface area contributed by atoms with E-state index in [0.717, 1.165) is 6.61 Å². The van der Waals surface area contributed by atoms with E-state index >= 15 is 0 Å². The largest absolute Gasteiger partial charge is 0.385 e. The van der Waals surface area contributed by atoms with Gasteiger partial charge in [-0.05, 0) is 22.9 Å². The van der Waals surface area contributed by atoms with Crippen LogP contribution in [0, 0.1) is 0 Å². The van der Waals surface area contributed by atoms with E-state index in [1.54, 1.807) is 23.0 Å². The number of carbonyl (C=O) groups is 1. The van der Waals surface area contributed by atoms with Crippen molar-refractivity contribution in [3.63, 3.8) is 0 Å². The summed E-state index contributed by atoms with van der Waals surface area (Å²) in [5, 5.41) is 0. The lowest BCUT2D eigenvalue weighted by atomic mass is 10.8. The molecule has 0 heterocycles. The molecule has 0 saturated heterocycles. The monoisotopic (exact) mass is 218 g/mol. The van der Waals surface area contributed by atoms with Crippen LogP contribution < -0.4 is 0 Å². The highest BCUT2D eigenvalue weighted by molar-refractivity contribution is 9.10. The molecule has 0 rings (SSSR count). The summed E-state index contributed by atoms with van der Waals surface area (Å²) in [5.74, 6) is 0. The van der Waals surface area contributed by atoms with E-state index in [9.17, 15) is 8.78 Å². The van der Waals surface area contributed by atoms with E-state index in [-0.39, 0.29) is 0 Å². The van der Waals surface area contributed by atoms with Gasteiger partial charge in [0.1, 0.15) is 0 Å². The van der Waals surface area contributed by atoms with Gasteiger partial charge in [0, 0.05) is 13.7 Å². The van der Waals surface area contributed by atoms with Gasteiger partial charge >= 0.3 is 4.83 Å². The van der Waals surface area contributed by atoms with E-state index in [4.69, 9.17) is 4.79 Å². The lowest BCUT2D eigenvalue weighted by Gasteiger charge is -1.90. The Hall–Kier alpha value is -0.0300. The van der Waals surface area contributed by atoms with Crippen LogP contribution in [-0.2, 0) is 9.53 Å². The average molecular weight is 219 g/mol. The van der Waals surface area contributed by atoms with Crippen LogP contribution in [0.4, 0.5) is 8.78 Å². The highest BCUT2D eigenvalue weighted by atomic mass is 79.9. The lowest BCUT2D eigenvalue weighted by Crippen LogP contribution is -2.04. The Balaban J connectivity index is 0. The van der Waals surface area contributed by atoms with E-state index in [1.807, 2.05) is 6.92 Å². The van der Waals surface area contributed by atoms with Crippen molar-refractivity contribution in [2.24, 2.45) is 0 Å². The predicted octanol–water partition coefficient (Wildman–Crippen LogP) is 1.83.